The number of furan rings is 1. The zero-order chi connectivity index (χ0) is 22.5. The van der Waals surface area contributed by atoms with Crippen molar-refractivity contribution in [2.45, 2.75) is 40.3 Å². The minimum Gasteiger partial charge on any atom is -0.467 e. The van der Waals surface area contributed by atoms with Gasteiger partial charge in [0.2, 0.25) is 0 Å². The molecule has 3 rings (SSSR count). The lowest BCUT2D eigenvalue weighted by Crippen LogP contribution is -2.30. The van der Waals surface area contributed by atoms with Gasteiger partial charge in [-0.25, -0.2) is 8.78 Å². The van der Waals surface area contributed by atoms with Crippen molar-refractivity contribution in [2.24, 2.45) is 0 Å². The number of carbonyl (C=O) groups is 1. The predicted molar refractivity (Wildman–Crippen MR) is 120 cm³/mol. The Kier molecular flexibility index (Phi) is 6.90. The summed E-state index contributed by atoms with van der Waals surface area (Å²) in [6.07, 6.45) is 2.80. The van der Waals surface area contributed by atoms with Crippen molar-refractivity contribution in [1.29, 1.82) is 0 Å². The Labute approximate surface area is 181 Å². The van der Waals surface area contributed by atoms with Crippen LogP contribution in [0.5, 0.6) is 0 Å². The van der Waals surface area contributed by atoms with Crippen molar-refractivity contribution in [3.63, 3.8) is 0 Å². The van der Waals surface area contributed by atoms with Gasteiger partial charge in [-0.2, -0.15) is 0 Å². The maximum Gasteiger partial charge on any atom is 0.280 e. The second-order valence-corrected chi connectivity index (χ2v) is 7.77. The summed E-state index contributed by atoms with van der Waals surface area (Å²) < 4.78 is 34.4. The molecule has 2 aromatic carbocycles. The molecule has 0 radical (unpaired) electrons. The zero-order valence-electron chi connectivity index (χ0n) is 18.1. The Morgan fingerprint density at radius 3 is 2.52 bits per heavy atom. The summed E-state index contributed by atoms with van der Waals surface area (Å²) in [5.41, 5.74) is 3.92. The van der Waals surface area contributed by atoms with Crippen LogP contribution in [-0.2, 0) is 11.3 Å². The van der Waals surface area contributed by atoms with E-state index in [-0.39, 0.29) is 11.9 Å². The van der Waals surface area contributed by atoms with Crippen LogP contribution in [0, 0.1) is 19.7 Å². The molecule has 0 bridgehead atoms. The summed E-state index contributed by atoms with van der Waals surface area (Å²) in [5.74, 6) is -1.21. The molecule has 0 aliphatic rings. The molecule has 1 heterocycles. The van der Waals surface area contributed by atoms with Gasteiger partial charge in [-0.3, -0.25) is 4.79 Å². The molecule has 0 spiro atoms. The quantitative estimate of drug-likeness (QED) is 0.447. The van der Waals surface area contributed by atoms with E-state index in [0.29, 0.717) is 23.4 Å². The largest absolute Gasteiger partial charge is 0.467 e. The van der Waals surface area contributed by atoms with Crippen molar-refractivity contribution in [1.82, 2.24) is 5.32 Å². The molecule has 0 fully saturated rings. The van der Waals surface area contributed by atoms with E-state index in [4.69, 9.17) is 4.42 Å². The minimum atomic E-state index is -0.859. The molecule has 1 amide bonds. The van der Waals surface area contributed by atoms with Crippen molar-refractivity contribution in [3.05, 3.63) is 82.8 Å². The highest BCUT2D eigenvalue weighted by atomic mass is 19.1. The first-order valence-electron chi connectivity index (χ1n) is 10.1. The summed E-state index contributed by atoms with van der Waals surface area (Å²) in [7, 11) is 0. The molecule has 1 aromatic heterocycles. The monoisotopic (exact) mass is 424 g/mol. The minimum absolute atomic E-state index is 0.156. The van der Waals surface area contributed by atoms with E-state index in [1.807, 2.05) is 19.1 Å². The van der Waals surface area contributed by atoms with E-state index < -0.39 is 11.7 Å². The van der Waals surface area contributed by atoms with Crippen LogP contribution in [0.1, 0.15) is 36.3 Å². The molecule has 0 saturated carbocycles. The van der Waals surface area contributed by atoms with Crippen LogP contribution in [0.15, 0.2) is 59.0 Å². The van der Waals surface area contributed by atoms with Crippen molar-refractivity contribution in [2.75, 3.05) is 5.32 Å². The van der Waals surface area contributed by atoms with Crippen LogP contribution in [0.2, 0.25) is 0 Å². The normalized spacial score (nSPS) is 11.6. The average molecular weight is 424 g/mol. The Morgan fingerprint density at radius 1 is 1.10 bits per heavy atom. The predicted octanol–water partition coefficient (Wildman–Crippen LogP) is 6.15. The maximum atomic E-state index is 14.9. The smallest absolute Gasteiger partial charge is 0.280 e. The van der Waals surface area contributed by atoms with Crippen LogP contribution >= 0.6 is 0 Å². The Balaban J connectivity index is 1.83. The van der Waals surface area contributed by atoms with E-state index in [9.17, 15) is 13.6 Å². The number of carbonyl (C=O) groups excluding carboxylic acids is 1. The first kappa shape index (κ1) is 22.3. The molecule has 0 aliphatic heterocycles. The number of rotatable bonds is 7. The summed E-state index contributed by atoms with van der Waals surface area (Å²) in [6.45, 7) is 7.63. The maximum absolute atomic E-state index is 14.9. The third kappa shape index (κ3) is 5.60. The van der Waals surface area contributed by atoms with E-state index >= 15 is 0 Å². The van der Waals surface area contributed by atoms with Crippen LogP contribution in [0.25, 0.3) is 17.2 Å². The van der Waals surface area contributed by atoms with Crippen molar-refractivity contribution < 1.29 is 18.0 Å². The second kappa shape index (κ2) is 9.60. The topological polar surface area (TPSA) is 54.3 Å². The second-order valence-electron chi connectivity index (χ2n) is 7.77. The highest BCUT2D eigenvalue weighted by molar-refractivity contribution is 5.96. The highest BCUT2D eigenvalue weighted by Gasteiger charge is 2.14. The number of hydrogen-bond acceptors (Lipinski definition) is 3. The number of amides is 1. The van der Waals surface area contributed by atoms with Gasteiger partial charge < -0.3 is 15.1 Å². The number of nitrogens with one attached hydrogen (secondary N) is 2. The fourth-order valence-electron chi connectivity index (χ4n) is 3.26. The lowest BCUT2D eigenvalue weighted by molar-refractivity contribution is -0.119. The van der Waals surface area contributed by atoms with Gasteiger partial charge in [-0.15, -0.1) is 0 Å². The van der Waals surface area contributed by atoms with Gasteiger partial charge in [0.05, 0.1) is 12.8 Å². The molecule has 0 aliphatic carbocycles. The first-order chi connectivity index (χ1) is 14.7. The fourth-order valence-corrected chi connectivity index (χ4v) is 3.26. The van der Waals surface area contributed by atoms with Crippen LogP contribution < -0.4 is 10.6 Å². The van der Waals surface area contributed by atoms with E-state index in [2.05, 4.69) is 10.6 Å². The summed E-state index contributed by atoms with van der Waals surface area (Å²) in [5, 5.41) is 5.65. The third-order valence-corrected chi connectivity index (χ3v) is 4.84. The summed E-state index contributed by atoms with van der Waals surface area (Å²) >= 11 is 0. The van der Waals surface area contributed by atoms with Gasteiger partial charge in [0.15, 0.2) is 5.83 Å². The third-order valence-electron chi connectivity index (χ3n) is 4.84. The Bertz CT molecular complexity index is 1100. The van der Waals surface area contributed by atoms with Gasteiger partial charge in [-0.05, 0) is 86.4 Å². The van der Waals surface area contributed by atoms with E-state index in [1.54, 1.807) is 51.3 Å². The molecule has 3 aromatic rings. The number of benzene rings is 2. The van der Waals surface area contributed by atoms with Crippen LogP contribution in [-0.4, -0.2) is 11.9 Å². The molecule has 0 saturated heterocycles. The lowest BCUT2D eigenvalue weighted by atomic mass is 9.94. The van der Waals surface area contributed by atoms with Crippen molar-refractivity contribution >= 4 is 17.7 Å². The first-order valence-corrected chi connectivity index (χ1v) is 10.1. The molecule has 0 atom stereocenters. The Morgan fingerprint density at radius 2 is 1.87 bits per heavy atom. The van der Waals surface area contributed by atoms with Gasteiger partial charge in [0.25, 0.3) is 5.91 Å². The number of anilines is 1. The Hall–Kier alpha value is -3.41. The standard InChI is InChI=1S/C25H26F2N2O2/c1-15(2)29-25(30)24(27)12-18-10-17(4)22(11-16(18)3)21-8-7-19(13-23(21)26)28-14-20-6-5-9-31-20/h5-13,15,28H,14H2,1-4H3,(H,29,30). The number of aryl methyl sites for hydroxylation is 2. The SMILES string of the molecule is Cc1cc(-c2ccc(NCc3ccco3)cc2F)c(C)cc1C=C(F)C(=O)NC(C)C. The van der Waals surface area contributed by atoms with Crippen LogP contribution in [0.4, 0.5) is 14.5 Å². The summed E-state index contributed by atoms with van der Waals surface area (Å²) in [6, 6.07) is 12.0. The number of hydrogen-bond donors (Lipinski definition) is 2. The van der Waals surface area contributed by atoms with Gasteiger partial charge in [-0.1, -0.05) is 12.1 Å². The molecule has 162 valence electrons. The van der Waals surface area contributed by atoms with Gasteiger partial charge in [0.1, 0.15) is 11.6 Å². The lowest BCUT2D eigenvalue weighted by Gasteiger charge is -2.13. The highest BCUT2D eigenvalue weighted by Crippen LogP contribution is 2.31. The molecule has 31 heavy (non-hydrogen) atoms. The number of halogens is 2. The molecule has 4 nitrogen and oxygen atoms in total. The zero-order valence-corrected chi connectivity index (χ0v) is 18.1. The van der Waals surface area contributed by atoms with E-state index in [0.717, 1.165) is 22.5 Å². The molecule has 6 heteroatoms. The van der Waals surface area contributed by atoms with Crippen molar-refractivity contribution in [3.8, 4) is 11.1 Å². The van der Waals surface area contributed by atoms with Gasteiger partial charge in [0, 0.05) is 17.3 Å². The van der Waals surface area contributed by atoms with Gasteiger partial charge >= 0.3 is 0 Å². The van der Waals surface area contributed by atoms with Crippen LogP contribution in [0.3, 0.4) is 0 Å². The molecular formula is C25H26F2N2O2. The summed E-state index contributed by atoms with van der Waals surface area (Å²) in [4.78, 5) is 11.8. The van der Waals surface area contributed by atoms with E-state index in [1.165, 1.54) is 12.1 Å². The fraction of sp³-hybridized carbons (Fsp3) is 0.240. The molecular weight excluding hydrogens is 398 g/mol. The molecule has 2 N–H and O–H groups in total. The molecule has 0 unspecified atom stereocenters. The average Bonchev–Trinajstić information content (AvgIpc) is 3.22.